The van der Waals surface area contributed by atoms with Crippen molar-refractivity contribution in [3.8, 4) is 0 Å². The van der Waals surface area contributed by atoms with E-state index in [0.717, 1.165) is 49.3 Å². The van der Waals surface area contributed by atoms with Crippen LogP contribution in [0.5, 0.6) is 0 Å². The van der Waals surface area contributed by atoms with Crippen LogP contribution in [0.15, 0.2) is 4.52 Å². The molecule has 1 fully saturated rings. The van der Waals surface area contributed by atoms with Crippen molar-refractivity contribution in [3.63, 3.8) is 0 Å². The lowest BCUT2D eigenvalue weighted by molar-refractivity contribution is -0.133. The zero-order valence-electron chi connectivity index (χ0n) is 12.6. The van der Waals surface area contributed by atoms with E-state index in [1.165, 1.54) is 0 Å². The van der Waals surface area contributed by atoms with Gasteiger partial charge in [-0.25, -0.2) is 0 Å². The van der Waals surface area contributed by atoms with E-state index >= 15 is 0 Å². The van der Waals surface area contributed by atoms with Crippen molar-refractivity contribution in [2.75, 3.05) is 6.61 Å². The van der Waals surface area contributed by atoms with Gasteiger partial charge in [-0.1, -0.05) is 19.0 Å². The Kier molecular flexibility index (Phi) is 5.17. The van der Waals surface area contributed by atoms with Crippen LogP contribution in [0.1, 0.15) is 50.6 Å². The van der Waals surface area contributed by atoms with Gasteiger partial charge in [0.1, 0.15) is 5.76 Å². The van der Waals surface area contributed by atoms with Crippen LogP contribution in [0, 0.1) is 5.92 Å². The number of rotatable bonds is 5. The average Bonchev–Trinajstić information content (AvgIpc) is 2.87. The van der Waals surface area contributed by atoms with Crippen LogP contribution in [0.25, 0.3) is 0 Å². The van der Waals surface area contributed by atoms with Gasteiger partial charge in [-0.3, -0.25) is 4.79 Å². The Bertz CT molecular complexity index is 434. The zero-order valence-corrected chi connectivity index (χ0v) is 12.6. The summed E-state index contributed by atoms with van der Waals surface area (Å²) in [6.07, 6.45) is 3.47. The van der Waals surface area contributed by atoms with Gasteiger partial charge < -0.3 is 14.6 Å². The minimum atomic E-state index is -0.0428. The molecule has 1 aliphatic heterocycles. The molecule has 5 nitrogen and oxygen atoms in total. The number of hydrogen-bond acceptors (Lipinski definition) is 4. The topological polar surface area (TPSA) is 64.4 Å². The van der Waals surface area contributed by atoms with Gasteiger partial charge in [0.2, 0.25) is 5.91 Å². The molecule has 1 aromatic rings. The van der Waals surface area contributed by atoms with Gasteiger partial charge >= 0.3 is 0 Å². The van der Waals surface area contributed by atoms with Crippen molar-refractivity contribution in [1.82, 2.24) is 10.5 Å². The summed E-state index contributed by atoms with van der Waals surface area (Å²) in [5.41, 5.74) is 1.97. The number of carbonyl (C=O) groups is 1. The summed E-state index contributed by atoms with van der Waals surface area (Å²) in [6, 6.07) is 0. The van der Waals surface area contributed by atoms with Gasteiger partial charge in [0.05, 0.1) is 17.7 Å². The van der Waals surface area contributed by atoms with E-state index in [9.17, 15) is 4.79 Å². The van der Waals surface area contributed by atoms with E-state index < -0.39 is 0 Å². The molecule has 1 aromatic heterocycles. The predicted octanol–water partition coefficient (Wildman–Crippen LogP) is 2.23. The van der Waals surface area contributed by atoms with Crippen LogP contribution in [-0.4, -0.2) is 23.8 Å². The Hall–Kier alpha value is -1.36. The van der Waals surface area contributed by atoms with Crippen LogP contribution in [0.3, 0.4) is 0 Å². The lowest BCUT2D eigenvalue weighted by Gasteiger charge is -2.28. The molecule has 0 saturated carbocycles. The van der Waals surface area contributed by atoms with Gasteiger partial charge in [-0.05, 0) is 26.2 Å². The Balaban J connectivity index is 1.97. The SMILES string of the molecule is CCc1noc(CC)c1CNC(=O)C1CCCOC1C. The summed E-state index contributed by atoms with van der Waals surface area (Å²) in [7, 11) is 0. The molecule has 2 atom stereocenters. The number of ether oxygens (including phenoxy) is 1. The number of amides is 1. The molecule has 0 radical (unpaired) electrons. The molecule has 112 valence electrons. The van der Waals surface area contributed by atoms with Crippen LogP contribution in [0.4, 0.5) is 0 Å². The first-order chi connectivity index (χ1) is 9.67. The van der Waals surface area contributed by atoms with Crippen molar-refractivity contribution in [2.24, 2.45) is 5.92 Å². The van der Waals surface area contributed by atoms with E-state index in [2.05, 4.69) is 10.5 Å². The fraction of sp³-hybridized carbons (Fsp3) is 0.733. The minimum Gasteiger partial charge on any atom is -0.378 e. The molecular formula is C15H24N2O3. The van der Waals surface area contributed by atoms with E-state index in [1.807, 2.05) is 20.8 Å². The monoisotopic (exact) mass is 280 g/mol. The number of nitrogens with one attached hydrogen (secondary N) is 1. The lowest BCUT2D eigenvalue weighted by atomic mass is 9.94. The molecule has 1 N–H and O–H groups in total. The summed E-state index contributed by atoms with van der Waals surface area (Å²) in [6.45, 7) is 7.30. The normalized spacial score (nSPS) is 22.8. The van der Waals surface area contributed by atoms with E-state index in [4.69, 9.17) is 9.26 Å². The van der Waals surface area contributed by atoms with Crippen molar-refractivity contribution in [2.45, 2.75) is 59.1 Å². The summed E-state index contributed by atoms with van der Waals surface area (Å²) in [5, 5.41) is 7.08. The third-order valence-corrected chi connectivity index (χ3v) is 3.99. The van der Waals surface area contributed by atoms with Gasteiger partial charge in [0.25, 0.3) is 0 Å². The number of hydrogen-bond donors (Lipinski definition) is 1. The third kappa shape index (κ3) is 3.20. The van der Waals surface area contributed by atoms with Crippen molar-refractivity contribution in [3.05, 3.63) is 17.0 Å². The van der Waals surface area contributed by atoms with E-state index in [1.54, 1.807) is 0 Å². The van der Waals surface area contributed by atoms with Gasteiger partial charge in [-0.2, -0.15) is 0 Å². The second-order valence-corrected chi connectivity index (χ2v) is 5.28. The number of aromatic nitrogens is 1. The number of nitrogens with zero attached hydrogens (tertiary/aromatic N) is 1. The molecule has 1 saturated heterocycles. The molecule has 0 spiro atoms. The van der Waals surface area contributed by atoms with Gasteiger partial charge in [0, 0.05) is 25.1 Å². The molecular weight excluding hydrogens is 256 g/mol. The molecule has 0 bridgehead atoms. The molecule has 2 heterocycles. The summed E-state index contributed by atoms with van der Waals surface area (Å²) < 4.78 is 10.9. The highest BCUT2D eigenvalue weighted by Crippen LogP contribution is 2.21. The highest BCUT2D eigenvalue weighted by atomic mass is 16.5. The van der Waals surface area contributed by atoms with Gasteiger partial charge in [-0.15, -0.1) is 0 Å². The maximum atomic E-state index is 12.3. The first kappa shape index (κ1) is 15.0. The maximum Gasteiger partial charge on any atom is 0.225 e. The fourth-order valence-corrected chi connectivity index (χ4v) is 2.71. The quantitative estimate of drug-likeness (QED) is 0.898. The highest BCUT2D eigenvalue weighted by Gasteiger charge is 2.28. The molecule has 20 heavy (non-hydrogen) atoms. The molecule has 0 aromatic carbocycles. The Morgan fingerprint density at radius 3 is 2.85 bits per heavy atom. The van der Waals surface area contributed by atoms with Crippen LogP contribution < -0.4 is 5.32 Å². The first-order valence-electron chi connectivity index (χ1n) is 7.52. The second kappa shape index (κ2) is 6.88. The lowest BCUT2D eigenvalue weighted by Crippen LogP contribution is -2.40. The van der Waals surface area contributed by atoms with Crippen molar-refractivity contribution in [1.29, 1.82) is 0 Å². The first-order valence-corrected chi connectivity index (χ1v) is 7.52. The largest absolute Gasteiger partial charge is 0.378 e. The molecule has 1 amide bonds. The molecule has 2 unspecified atom stereocenters. The zero-order chi connectivity index (χ0) is 14.5. The van der Waals surface area contributed by atoms with E-state index in [-0.39, 0.29) is 17.9 Å². The van der Waals surface area contributed by atoms with Crippen LogP contribution >= 0.6 is 0 Å². The molecule has 0 aliphatic carbocycles. The number of aryl methyl sites for hydroxylation is 2. The smallest absolute Gasteiger partial charge is 0.225 e. The van der Waals surface area contributed by atoms with Crippen LogP contribution in [0.2, 0.25) is 0 Å². The molecule has 2 rings (SSSR count). The highest BCUT2D eigenvalue weighted by molar-refractivity contribution is 5.79. The molecule has 1 aliphatic rings. The van der Waals surface area contributed by atoms with Crippen molar-refractivity contribution >= 4 is 5.91 Å². The maximum absolute atomic E-state index is 12.3. The predicted molar refractivity (Wildman–Crippen MR) is 75.2 cm³/mol. The standard InChI is InChI=1S/C15H24N2O3/c1-4-13-12(14(5-2)20-17-13)9-16-15(18)11-7-6-8-19-10(11)3/h10-11H,4-9H2,1-3H3,(H,16,18). The Morgan fingerprint density at radius 2 is 2.20 bits per heavy atom. The molecule has 5 heteroatoms. The minimum absolute atomic E-state index is 0.00233. The third-order valence-electron chi connectivity index (χ3n) is 3.99. The number of carbonyl (C=O) groups excluding carboxylic acids is 1. The second-order valence-electron chi connectivity index (χ2n) is 5.28. The Labute approximate surface area is 120 Å². The van der Waals surface area contributed by atoms with E-state index in [0.29, 0.717) is 6.54 Å². The fourth-order valence-electron chi connectivity index (χ4n) is 2.71. The van der Waals surface area contributed by atoms with Gasteiger partial charge in [0.15, 0.2) is 0 Å². The van der Waals surface area contributed by atoms with Crippen LogP contribution in [-0.2, 0) is 28.9 Å². The van der Waals surface area contributed by atoms with Crippen molar-refractivity contribution < 1.29 is 14.1 Å². The summed E-state index contributed by atoms with van der Waals surface area (Å²) in [4.78, 5) is 12.3. The average molecular weight is 280 g/mol. The Morgan fingerprint density at radius 1 is 1.40 bits per heavy atom. The summed E-state index contributed by atoms with van der Waals surface area (Å²) >= 11 is 0. The summed E-state index contributed by atoms with van der Waals surface area (Å²) in [5.74, 6) is 0.899.